The molecule has 0 fully saturated rings. The van der Waals surface area contributed by atoms with E-state index in [-0.39, 0.29) is 28.7 Å². The van der Waals surface area contributed by atoms with Crippen LogP contribution in [0.25, 0.3) is 5.57 Å². The van der Waals surface area contributed by atoms with Crippen LogP contribution in [0.3, 0.4) is 0 Å². The van der Waals surface area contributed by atoms with Gasteiger partial charge >= 0.3 is 6.18 Å². The number of aromatic nitrogens is 1. The van der Waals surface area contributed by atoms with Gasteiger partial charge in [-0.15, -0.1) is 11.8 Å². The number of amides is 2. The zero-order valence-corrected chi connectivity index (χ0v) is 21.5. The largest absolute Gasteiger partial charge is 0.416 e. The smallest absolute Gasteiger partial charge is 0.269 e. The van der Waals surface area contributed by atoms with E-state index in [2.05, 4.69) is 30.7 Å². The van der Waals surface area contributed by atoms with Crippen molar-refractivity contribution in [3.63, 3.8) is 0 Å². The van der Waals surface area contributed by atoms with Crippen molar-refractivity contribution in [1.29, 1.82) is 0 Å². The Kier molecular flexibility index (Phi) is 6.66. The van der Waals surface area contributed by atoms with E-state index >= 15 is 0 Å². The molecule has 1 aromatic heterocycles. The van der Waals surface area contributed by atoms with Crippen LogP contribution in [0.4, 0.5) is 13.2 Å². The maximum Gasteiger partial charge on any atom is 0.416 e. The lowest BCUT2D eigenvalue weighted by Gasteiger charge is -2.32. The van der Waals surface area contributed by atoms with Crippen molar-refractivity contribution in [1.82, 2.24) is 9.88 Å². The molecule has 0 N–H and O–H groups in total. The van der Waals surface area contributed by atoms with Crippen LogP contribution in [-0.4, -0.2) is 27.5 Å². The number of thioether (sulfide) groups is 1. The lowest BCUT2D eigenvalue weighted by atomic mass is 9.81. The van der Waals surface area contributed by atoms with Crippen LogP contribution in [-0.2, 0) is 27.7 Å². The maximum atomic E-state index is 13.4. The summed E-state index contributed by atoms with van der Waals surface area (Å²) in [5, 5.41) is 0. The quantitative estimate of drug-likeness (QED) is 0.296. The van der Waals surface area contributed by atoms with Crippen LogP contribution in [0.2, 0.25) is 0 Å². The molecule has 2 aliphatic heterocycles. The summed E-state index contributed by atoms with van der Waals surface area (Å²) in [5.41, 5.74) is 1.67. The number of benzene rings is 2. The third kappa shape index (κ3) is 4.99. The van der Waals surface area contributed by atoms with Gasteiger partial charge in [-0.2, -0.15) is 13.2 Å². The van der Waals surface area contributed by atoms with Crippen molar-refractivity contribution in [3.05, 3.63) is 100 Å². The summed E-state index contributed by atoms with van der Waals surface area (Å²) in [4.78, 5) is 33.3. The van der Waals surface area contributed by atoms with E-state index in [0.29, 0.717) is 11.3 Å². The second-order valence-electron chi connectivity index (χ2n) is 9.79. The highest BCUT2D eigenvalue weighted by atomic mass is 32.2. The zero-order chi connectivity index (χ0) is 27.1. The summed E-state index contributed by atoms with van der Waals surface area (Å²) >= 11 is 1.80. The molecule has 0 bridgehead atoms. The van der Waals surface area contributed by atoms with Gasteiger partial charge in [0.2, 0.25) is 0 Å². The molecule has 0 saturated heterocycles. The van der Waals surface area contributed by atoms with Crippen molar-refractivity contribution < 1.29 is 22.8 Å². The number of hydrogen-bond acceptors (Lipinski definition) is 4. The van der Waals surface area contributed by atoms with Crippen molar-refractivity contribution in [3.8, 4) is 11.8 Å². The molecule has 0 spiro atoms. The summed E-state index contributed by atoms with van der Waals surface area (Å²) in [5.74, 6) is 5.74. The minimum Gasteiger partial charge on any atom is -0.269 e. The van der Waals surface area contributed by atoms with Gasteiger partial charge in [-0.3, -0.25) is 19.5 Å². The minimum absolute atomic E-state index is 0.0123. The minimum atomic E-state index is -4.52. The monoisotopic (exact) mass is 532 g/mol. The SMILES string of the molecule is CC1(C)CCSc2ccc(C#CC3=C(c4ccc(C(F)(F)F)cc4)C(=O)N(Cc4ccccn4)C3=O)cc21. The molecule has 0 aliphatic carbocycles. The Labute approximate surface area is 223 Å². The first-order valence-electron chi connectivity index (χ1n) is 12.0. The van der Waals surface area contributed by atoms with E-state index in [1.807, 2.05) is 18.2 Å². The Morgan fingerprint density at radius 2 is 1.76 bits per heavy atom. The molecule has 0 radical (unpaired) electrons. The Bertz CT molecular complexity index is 1520. The summed E-state index contributed by atoms with van der Waals surface area (Å²) in [6, 6.07) is 15.3. The van der Waals surface area contributed by atoms with E-state index in [4.69, 9.17) is 0 Å². The van der Waals surface area contributed by atoms with Crippen LogP contribution < -0.4 is 0 Å². The summed E-state index contributed by atoms with van der Waals surface area (Å²) in [7, 11) is 0. The van der Waals surface area contributed by atoms with Gasteiger partial charge in [-0.1, -0.05) is 43.9 Å². The van der Waals surface area contributed by atoms with E-state index in [1.165, 1.54) is 22.6 Å². The zero-order valence-electron chi connectivity index (χ0n) is 20.7. The molecule has 3 heterocycles. The number of pyridine rings is 1. The molecular formula is C30H23F3N2O2S. The molecular weight excluding hydrogens is 509 g/mol. The number of halogens is 3. The Balaban J connectivity index is 1.56. The van der Waals surface area contributed by atoms with Crippen molar-refractivity contribution in [2.24, 2.45) is 0 Å². The first-order valence-corrected chi connectivity index (χ1v) is 13.0. The molecule has 3 aromatic rings. The van der Waals surface area contributed by atoms with Crippen LogP contribution >= 0.6 is 11.8 Å². The summed E-state index contributed by atoms with van der Waals surface area (Å²) in [6.07, 6.45) is -1.93. The van der Waals surface area contributed by atoms with Gasteiger partial charge in [0.05, 0.1) is 23.4 Å². The van der Waals surface area contributed by atoms with Crippen LogP contribution in [0.15, 0.2) is 77.3 Å². The Hall–Kier alpha value is -3.83. The highest BCUT2D eigenvalue weighted by Crippen LogP contribution is 2.41. The standard InChI is InChI=1S/C30H23F3N2O2S/c1-29(2)14-16-38-25-13-7-19(17-24(25)29)6-12-23-26(20-8-10-21(11-9-20)30(31,32)33)28(37)35(27(23)36)18-22-5-3-4-15-34-22/h3-5,7-11,13,15,17H,14,16,18H2,1-2H3. The molecule has 2 aliphatic rings. The molecule has 8 heteroatoms. The molecule has 2 aromatic carbocycles. The third-order valence-corrected chi connectivity index (χ3v) is 7.82. The van der Waals surface area contributed by atoms with Gasteiger partial charge in [-0.25, -0.2) is 0 Å². The first kappa shape index (κ1) is 25.8. The molecule has 0 atom stereocenters. The molecule has 0 saturated carbocycles. The number of nitrogens with zero attached hydrogens (tertiary/aromatic N) is 2. The van der Waals surface area contributed by atoms with Gasteiger partial charge in [0.1, 0.15) is 5.57 Å². The van der Waals surface area contributed by atoms with Gasteiger partial charge in [0, 0.05) is 16.7 Å². The van der Waals surface area contributed by atoms with Crippen LogP contribution in [0.1, 0.15) is 48.2 Å². The Morgan fingerprint density at radius 3 is 2.45 bits per heavy atom. The number of alkyl halides is 3. The third-order valence-electron chi connectivity index (χ3n) is 6.74. The van der Waals surface area contributed by atoms with Gasteiger partial charge in [0.25, 0.3) is 11.8 Å². The summed E-state index contributed by atoms with van der Waals surface area (Å²) in [6.45, 7) is 4.30. The Morgan fingerprint density at radius 1 is 1.00 bits per heavy atom. The highest BCUT2D eigenvalue weighted by Gasteiger charge is 2.39. The van der Waals surface area contributed by atoms with Gasteiger partial charge in [-0.05, 0) is 71.2 Å². The lowest BCUT2D eigenvalue weighted by molar-refractivity contribution is -0.138. The first-order chi connectivity index (χ1) is 18.0. The fraction of sp³-hybridized carbons (Fsp3) is 0.233. The molecule has 38 heavy (non-hydrogen) atoms. The molecule has 4 nitrogen and oxygen atoms in total. The van der Waals surface area contributed by atoms with Crippen LogP contribution in [0, 0.1) is 11.8 Å². The van der Waals surface area contributed by atoms with E-state index in [9.17, 15) is 22.8 Å². The highest BCUT2D eigenvalue weighted by molar-refractivity contribution is 7.99. The summed E-state index contributed by atoms with van der Waals surface area (Å²) < 4.78 is 39.4. The van der Waals surface area contributed by atoms with Crippen LogP contribution in [0.5, 0.6) is 0 Å². The van der Waals surface area contributed by atoms with Gasteiger partial charge in [0.15, 0.2) is 0 Å². The molecule has 192 valence electrons. The lowest BCUT2D eigenvalue weighted by Crippen LogP contribution is -2.31. The molecule has 0 unspecified atom stereocenters. The maximum absolute atomic E-state index is 13.4. The predicted octanol–water partition coefficient (Wildman–Crippen LogP) is 6.25. The molecule has 5 rings (SSSR count). The normalized spacial score (nSPS) is 16.8. The van der Waals surface area contributed by atoms with E-state index in [0.717, 1.165) is 29.2 Å². The number of carbonyl (C=O) groups is 2. The number of fused-ring (bicyclic) bond motifs is 1. The number of rotatable bonds is 3. The van der Waals surface area contributed by atoms with Gasteiger partial charge < -0.3 is 0 Å². The predicted molar refractivity (Wildman–Crippen MR) is 140 cm³/mol. The second-order valence-corrected chi connectivity index (χ2v) is 10.9. The average molecular weight is 533 g/mol. The van der Waals surface area contributed by atoms with E-state index in [1.54, 1.807) is 36.2 Å². The van der Waals surface area contributed by atoms with Crippen molar-refractivity contribution in [2.75, 3.05) is 5.75 Å². The van der Waals surface area contributed by atoms with Crippen molar-refractivity contribution in [2.45, 2.75) is 43.3 Å². The van der Waals surface area contributed by atoms with Crippen molar-refractivity contribution >= 4 is 29.1 Å². The second kappa shape index (κ2) is 9.80. The fourth-order valence-electron chi connectivity index (χ4n) is 4.53. The molecule has 2 amide bonds. The number of imide groups is 1. The number of carbonyl (C=O) groups excluding carboxylic acids is 2. The fourth-order valence-corrected chi connectivity index (χ4v) is 6.02. The topological polar surface area (TPSA) is 50.3 Å². The van der Waals surface area contributed by atoms with E-state index < -0.39 is 23.6 Å². The average Bonchev–Trinajstić information content (AvgIpc) is 3.12. The number of hydrogen-bond donors (Lipinski definition) is 0.